The van der Waals surface area contributed by atoms with E-state index in [4.69, 9.17) is 0 Å². The zero-order valence-corrected chi connectivity index (χ0v) is 20.9. The summed E-state index contributed by atoms with van der Waals surface area (Å²) in [6.45, 7) is 7.24. The number of sulfonamides is 1. The molecule has 1 aromatic carbocycles. The number of anilines is 1. The van der Waals surface area contributed by atoms with Gasteiger partial charge in [0.15, 0.2) is 0 Å². The fraction of sp³-hybridized carbons (Fsp3) is 0.545. The van der Waals surface area contributed by atoms with Crippen molar-refractivity contribution >= 4 is 38.3 Å². The van der Waals surface area contributed by atoms with E-state index >= 15 is 0 Å². The smallest absolute Gasteiger partial charge is 0.243 e. The summed E-state index contributed by atoms with van der Waals surface area (Å²) in [6.07, 6.45) is 1.88. The van der Waals surface area contributed by atoms with Gasteiger partial charge in [-0.2, -0.15) is 4.31 Å². The zero-order valence-electron chi connectivity index (χ0n) is 19.3. The summed E-state index contributed by atoms with van der Waals surface area (Å²) < 4.78 is 27.3. The fourth-order valence-electron chi connectivity index (χ4n) is 3.53. The lowest BCUT2D eigenvalue weighted by Crippen LogP contribution is -2.50. The van der Waals surface area contributed by atoms with E-state index in [1.807, 2.05) is 19.1 Å². The molecule has 0 aliphatic carbocycles. The van der Waals surface area contributed by atoms with Crippen LogP contribution in [0.15, 0.2) is 29.2 Å². The molecule has 11 heteroatoms. The van der Waals surface area contributed by atoms with Crippen LogP contribution in [0.3, 0.4) is 0 Å². The highest BCUT2D eigenvalue weighted by atomic mass is 32.2. The molecule has 1 N–H and O–H groups in total. The highest BCUT2D eigenvalue weighted by Crippen LogP contribution is 2.22. The van der Waals surface area contributed by atoms with Crippen LogP contribution < -0.4 is 5.32 Å². The molecule has 1 fully saturated rings. The molecule has 33 heavy (non-hydrogen) atoms. The Labute approximate surface area is 199 Å². The molecule has 9 nitrogen and oxygen atoms in total. The maximum Gasteiger partial charge on any atom is 0.243 e. The Morgan fingerprint density at radius 3 is 2.33 bits per heavy atom. The van der Waals surface area contributed by atoms with Crippen molar-refractivity contribution in [3.8, 4) is 0 Å². The molecule has 0 saturated carbocycles. The van der Waals surface area contributed by atoms with Gasteiger partial charge < -0.3 is 10.2 Å². The van der Waals surface area contributed by atoms with Crippen molar-refractivity contribution in [2.24, 2.45) is 0 Å². The maximum atomic E-state index is 12.9. The predicted octanol–water partition coefficient (Wildman–Crippen LogP) is 2.87. The molecule has 0 radical (unpaired) electrons. The van der Waals surface area contributed by atoms with Crippen LogP contribution >= 0.6 is 11.3 Å². The van der Waals surface area contributed by atoms with Crippen molar-refractivity contribution < 1.29 is 18.0 Å². The Bertz CT molecular complexity index is 1060. The van der Waals surface area contributed by atoms with Crippen LogP contribution in [-0.4, -0.2) is 65.8 Å². The van der Waals surface area contributed by atoms with Crippen molar-refractivity contribution in [3.05, 3.63) is 34.8 Å². The second-order valence-electron chi connectivity index (χ2n) is 8.31. The molecule has 1 aliphatic rings. The second kappa shape index (κ2) is 11.2. The number of nitrogens with one attached hydrogen (secondary N) is 1. The fourth-order valence-corrected chi connectivity index (χ4v) is 5.81. The van der Waals surface area contributed by atoms with E-state index < -0.39 is 10.0 Å². The van der Waals surface area contributed by atoms with Crippen LogP contribution in [0.4, 0.5) is 5.13 Å². The molecule has 2 aromatic rings. The third-order valence-electron chi connectivity index (χ3n) is 5.52. The first-order valence-corrected chi connectivity index (χ1v) is 13.5. The van der Waals surface area contributed by atoms with E-state index in [9.17, 15) is 18.0 Å². The minimum absolute atomic E-state index is 0.0439. The van der Waals surface area contributed by atoms with Gasteiger partial charge in [0.2, 0.25) is 27.0 Å². The first-order chi connectivity index (χ1) is 15.7. The summed E-state index contributed by atoms with van der Waals surface area (Å²) in [7, 11) is -3.60. The number of aromatic nitrogens is 2. The van der Waals surface area contributed by atoms with Crippen LogP contribution in [0, 0.1) is 0 Å². The van der Waals surface area contributed by atoms with E-state index in [-0.39, 0.29) is 42.6 Å². The number of nitrogens with zero attached hydrogens (tertiary/aromatic N) is 4. The van der Waals surface area contributed by atoms with E-state index in [2.05, 4.69) is 29.4 Å². The average Bonchev–Trinajstić information content (AvgIpc) is 3.24. The number of rotatable bonds is 9. The largest absolute Gasteiger partial charge is 0.340 e. The van der Waals surface area contributed by atoms with E-state index in [1.165, 1.54) is 15.6 Å². The number of amides is 2. The third-order valence-corrected chi connectivity index (χ3v) is 8.33. The summed E-state index contributed by atoms with van der Waals surface area (Å²) in [5, 5.41) is 11.9. The molecular weight excluding hydrogens is 462 g/mol. The summed E-state index contributed by atoms with van der Waals surface area (Å²) in [5.74, 6) is -0.115. The molecule has 3 rings (SSSR count). The van der Waals surface area contributed by atoms with Gasteiger partial charge in [-0.15, -0.1) is 10.2 Å². The predicted molar refractivity (Wildman–Crippen MR) is 128 cm³/mol. The number of hydrogen-bond donors (Lipinski definition) is 1. The molecule has 0 bridgehead atoms. The summed E-state index contributed by atoms with van der Waals surface area (Å²) in [6, 6.07) is 6.97. The quantitative estimate of drug-likeness (QED) is 0.575. The first-order valence-electron chi connectivity index (χ1n) is 11.2. The van der Waals surface area contributed by atoms with Gasteiger partial charge in [0.1, 0.15) is 5.01 Å². The minimum Gasteiger partial charge on any atom is -0.340 e. The highest BCUT2D eigenvalue weighted by molar-refractivity contribution is 7.89. The molecule has 1 saturated heterocycles. The van der Waals surface area contributed by atoms with Crippen molar-refractivity contribution in [1.82, 2.24) is 19.4 Å². The number of aryl methyl sites for hydroxylation is 1. The van der Waals surface area contributed by atoms with Crippen molar-refractivity contribution in [3.63, 3.8) is 0 Å². The normalized spacial score (nSPS) is 15.1. The van der Waals surface area contributed by atoms with Gasteiger partial charge in [-0.1, -0.05) is 44.2 Å². The van der Waals surface area contributed by atoms with Crippen molar-refractivity contribution in [2.75, 3.05) is 31.5 Å². The Kier molecular flexibility index (Phi) is 8.55. The number of carbonyl (C=O) groups excluding carboxylic acids is 2. The summed E-state index contributed by atoms with van der Waals surface area (Å²) in [5.41, 5.74) is 1.08. The SMILES string of the molecule is CCCc1nnc(NC(=O)CCC(=O)N2CCN(S(=O)(=O)c3ccc(C(C)C)cc3)CC2)s1. The summed E-state index contributed by atoms with van der Waals surface area (Å²) in [4.78, 5) is 26.5. The number of benzene rings is 1. The van der Waals surface area contributed by atoms with Gasteiger partial charge in [-0.05, 0) is 30.0 Å². The Morgan fingerprint density at radius 2 is 1.73 bits per heavy atom. The molecule has 0 unspecified atom stereocenters. The van der Waals surface area contributed by atoms with Crippen molar-refractivity contribution in [1.29, 1.82) is 0 Å². The van der Waals surface area contributed by atoms with E-state index in [0.29, 0.717) is 24.1 Å². The molecule has 0 atom stereocenters. The minimum atomic E-state index is -3.60. The van der Waals surface area contributed by atoms with Gasteiger partial charge in [0, 0.05) is 45.4 Å². The van der Waals surface area contributed by atoms with Crippen LogP contribution in [0.1, 0.15) is 56.5 Å². The molecule has 1 aromatic heterocycles. The van der Waals surface area contributed by atoms with E-state index in [0.717, 1.165) is 23.4 Å². The van der Waals surface area contributed by atoms with Gasteiger partial charge in [0.25, 0.3) is 0 Å². The first kappa shape index (κ1) is 25.3. The Hall–Kier alpha value is -2.37. The topological polar surface area (TPSA) is 113 Å². The highest BCUT2D eigenvalue weighted by Gasteiger charge is 2.30. The number of carbonyl (C=O) groups is 2. The van der Waals surface area contributed by atoms with Gasteiger partial charge in [0.05, 0.1) is 4.90 Å². The summed E-state index contributed by atoms with van der Waals surface area (Å²) >= 11 is 1.34. The lowest BCUT2D eigenvalue weighted by molar-refractivity contribution is -0.133. The lowest BCUT2D eigenvalue weighted by atomic mass is 10.0. The maximum absolute atomic E-state index is 12.9. The zero-order chi connectivity index (χ0) is 24.0. The Morgan fingerprint density at radius 1 is 1.06 bits per heavy atom. The second-order valence-corrected chi connectivity index (χ2v) is 11.3. The molecule has 0 spiro atoms. The van der Waals surface area contributed by atoms with Crippen molar-refractivity contribution in [2.45, 2.75) is 57.3 Å². The number of hydrogen-bond acceptors (Lipinski definition) is 7. The molecule has 2 amide bonds. The van der Waals surface area contributed by atoms with Crippen LogP contribution in [0.25, 0.3) is 0 Å². The standard InChI is InChI=1S/C22H31N5O4S2/c1-4-5-20-24-25-22(32-20)23-19(28)10-11-21(29)26-12-14-27(15-13-26)33(30,31)18-8-6-17(7-9-18)16(2)3/h6-9,16H,4-5,10-15H2,1-3H3,(H,23,25,28). The lowest BCUT2D eigenvalue weighted by Gasteiger charge is -2.34. The van der Waals surface area contributed by atoms with Crippen LogP contribution in [0.5, 0.6) is 0 Å². The molecule has 180 valence electrons. The molecular formula is C22H31N5O4S2. The molecule has 1 aliphatic heterocycles. The number of piperazine rings is 1. The van der Waals surface area contributed by atoms with Crippen LogP contribution in [-0.2, 0) is 26.0 Å². The van der Waals surface area contributed by atoms with Gasteiger partial charge in [-0.3, -0.25) is 9.59 Å². The van der Waals surface area contributed by atoms with Gasteiger partial charge >= 0.3 is 0 Å². The monoisotopic (exact) mass is 493 g/mol. The third kappa shape index (κ3) is 6.58. The van der Waals surface area contributed by atoms with Gasteiger partial charge in [-0.25, -0.2) is 8.42 Å². The van der Waals surface area contributed by atoms with E-state index in [1.54, 1.807) is 17.0 Å². The average molecular weight is 494 g/mol. The van der Waals surface area contributed by atoms with Crippen LogP contribution in [0.2, 0.25) is 0 Å². The molecule has 2 heterocycles. The Balaban J connectivity index is 1.46.